The van der Waals surface area contributed by atoms with Crippen LogP contribution in [-0.2, 0) is 104 Å². The van der Waals surface area contributed by atoms with Crippen molar-refractivity contribution in [2.75, 3.05) is 42.2 Å². The SMILES string of the molecule is COc1cc(CCC(=O)CC(=O)CCc2ccc(C)c(C)c2)ccc1O.COc1cc(CCC(=O)CC(=O)CCc2ccc(C)c(OC)c2)ccc1C.COc1ccc(CCC(=O)CC(=O)CCc2ccc(C)c(O)c2)cc1OC.Cc1ccc(-c2oc3cc(O)cc(O)c3c(=O)c2O[C@@H]2O[C@H](CO[C@@H]3O[C@@H](C)[C@H](O)[C@@H](O)[C@H]3O)[C@@H](O)[C@H](O)[C@H]2O)cc1O.O=C(CCc1ccc(O)c(O)c1)CC(=O)CCc1ccc(O)c(O)c1. The zero-order chi connectivity index (χ0) is 108. The van der Waals surface area contributed by atoms with Crippen LogP contribution in [0.1, 0.15) is 162 Å². The molecule has 2 aliphatic rings. The fourth-order valence-corrected chi connectivity index (χ4v) is 16.0. The monoisotopic (exact) mass is 2040 g/mol. The summed E-state index contributed by atoms with van der Waals surface area (Å²) >= 11 is 0. The molecule has 0 spiro atoms. The van der Waals surface area contributed by atoms with Crippen molar-refractivity contribution in [3.63, 3.8) is 0 Å². The summed E-state index contributed by atoms with van der Waals surface area (Å²) in [5.41, 5.74) is 12.2. The van der Waals surface area contributed by atoms with Crippen LogP contribution in [0.25, 0.3) is 22.3 Å². The van der Waals surface area contributed by atoms with E-state index >= 15 is 0 Å². The van der Waals surface area contributed by atoms with E-state index in [-0.39, 0.29) is 142 Å². The van der Waals surface area contributed by atoms with E-state index in [4.69, 9.17) is 47.0 Å². The Morgan fingerprint density at radius 2 is 0.642 bits per heavy atom. The Balaban J connectivity index is 0.000000210. The van der Waals surface area contributed by atoms with Crippen molar-refractivity contribution in [2.24, 2.45) is 0 Å². The van der Waals surface area contributed by atoms with Crippen LogP contribution in [0, 0.1) is 41.5 Å². The molecule has 34 nitrogen and oxygen atoms in total. The minimum atomic E-state index is -1.93. The molecule has 792 valence electrons. The number of phenols is 9. The van der Waals surface area contributed by atoms with Crippen LogP contribution in [0.4, 0.5) is 0 Å². The number of carbonyl (C=O) groups excluding carboxylic acids is 8. The van der Waals surface area contributed by atoms with Crippen molar-refractivity contribution >= 4 is 57.2 Å². The average Bonchev–Trinajstić information content (AvgIpc) is 0.752. The molecule has 10 aromatic carbocycles. The maximum absolute atomic E-state index is 13.6. The lowest BCUT2D eigenvalue weighted by atomic mass is 9.98. The smallest absolute Gasteiger partial charge is 0.239 e. The largest absolute Gasteiger partial charge is 0.508 e. The van der Waals surface area contributed by atoms with Gasteiger partial charge in [-0.05, 0) is 251 Å². The van der Waals surface area contributed by atoms with Gasteiger partial charge in [0.25, 0.3) is 0 Å². The first kappa shape index (κ1) is 117. The van der Waals surface area contributed by atoms with Crippen molar-refractivity contribution in [3.05, 3.63) is 264 Å². The number of aliphatic hydroxyl groups is 6. The van der Waals surface area contributed by atoms with E-state index in [0.717, 1.165) is 73.7 Å². The molecular weight excluding hydrogens is 1910 g/mol. The van der Waals surface area contributed by atoms with Gasteiger partial charge in [0.1, 0.15) is 134 Å². The minimum absolute atomic E-state index is 0.00594. The van der Waals surface area contributed by atoms with Crippen LogP contribution in [0.3, 0.4) is 0 Å². The summed E-state index contributed by atoms with van der Waals surface area (Å²) in [6.45, 7) is 12.4. The number of methoxy groups -OCH3 is 5. The molecule has 0 aliphatic carbocycles. The number of benzene rings is 10. The normalized spacial score (nSPS) is 17.1. The summed E-state index contributed by atoms with van der Waals surface area (Å²) in [5, 5.41) is 149. The highest BCUT2D eigenvalue weighted by Crippen LogP contribution is 2.41. The summed E-state index contributed by atoms with van der Waals surface area (Å²) < 4.78 is 54.1. The lowest BCUT2D eigenvalue weighted by Crippen LogP contribution is -2.61. The maximum atomic E-state index is 13.6. The predicted molar refractivity (Wildman–Crippen MR) is 546 cm³/mol. The second kappa shape index (κ2) is 56.4. The second-order valence-electron chi connectivity index (χ2n) is 36.6. The molecule has 2 fully saturated rings. The second-order valence-corrected chi connectivity index (χ2v) is 36.6. The van der Waals surface area contributed by atoms with Gasteiger partial charge < -0.3 is 124 Å². The lowest BCUT2D eigenvalue weighted by Gasteiger charge is -2.42. The van der Waals surface area contributed by atoms with Gasteiger partial charge in [-0.2, -0.15) is 0 Å². The standard InChI is InChI=1S/C28H32O15.C23H28O4.C22H26O5.C22H26O4.C19H20O6/c1-9-3-4-11(5-13(9)30)25-26(20(34)17-14(31)6-12(29)7-15(17)41-25)43-28-24(38)22(36)19(33)16(42-28)8-39-27-23(37)21(35)18(32)10(2)40-27;1-16-5-7-18(13-22(16)26-3)9-11-20(24)15-21(25)12-10-19-8-6-17(2)23(14-19)27-4;1-15-4-5-16(12-20(15)25)6-9-18(23)14-19(24)10-7-17-8-11-21(26-2)22(13-17)27-3;1-15-4-5-17(12-16(15)2)6-9-19(23)14-20(24)10-7-18-8-11-21(25)22(13-18)26-3;20-14(5-1-12-3-7-16(22)18(24)9-12)11-15(21)6-2-13-4-8-17(23)19(25)10-13/h3-7,10,16,18-19,21-24,27-33,35-38H,8H2,1-2H3;5-8,13-14H,9-12,15H2,1-4H3;4-5,8,11-13,25H,6-7,9-10,14H2,1-3H3;4-5,8,11-13,25H,6-7,9-10,14H2,1-3H3;3-4,7-10,22-25H,1-2,5-6,11H2/t10-,16+,18-,19+,21+,22-,23+,24+,27+,28-;;;;/m0..../s1. The van der Waals surface area contributed by atoms with Gasteiger partial charge in [0.05, 0.1) is 73.9 Å². The molecule has 3 heterocycles. The van der Waals surface area contributed by atoms with E-state index in [1.165, 1.54) is 67.6 Å². The zero-order valence-corrected chi connectivity index (χ0v) is 84.8. The van der Waals surface area contributed by atoms with Gasteiger partial charge >= 0.3 is 0 Å². The summed E-state index contributed by atoms with van der Waals surface area (Å²) in [7, 11) is 7.90. The Labute approximate surface area is 856 Å². The van der Waals surface area contributed by atoms with E-state index in [0.29, 0.717) is 124 Å². The van der Waals surface area contributed by atoms with E-state index in [9.17, 15) is 120 Å². The third-order valence-electron chi connectivity index (χ3n) is 25.2. The average molecular weight is 2050 g/mol. The summed E-state index contributed by atoms with van der Waals surface area (Å²) in [4.78, 5) is 110. The first-order valence-corrected chi connectivity index (χ1v) is 48.2. The van der Waals surface area contributed by atoms with Crippen LogP contribution in [0.2, 0.25) is 0 Å². The minimum Gasteiger partial charge on any atom is -0.508 e. The highest BCUT2D eigenvalue weighted by Gasteiger charge is 2.48. The number of hydrogen-bond donors (Lipinski definition) is 15. The Kier molecular flexibility index (Phi) is 44.5. The molecule has 34 heteroatoms. The number of ether oxygens (including phenoxy) is 9. The van der Waals surface area contributed by atoms with E-state index in [1.54, 1.807) is 77.8 Å². The van der Waals surface area contributed by atoms with Gasteiger partial charge in [0.15, 0.2) is 58.0 Å². The van der Waals surface area contributed by atoms with Crippen LogP contribution >= 0.6 is 0 Å². The number of fused-ring (bicyclic) bond motifs is 1. The molecule has 2 aliphatic heterocycles. The highest BCUT2D eigenvalue weighted by molar-refractivity contribution is 6.01. The molecule has 0 bridgehead atoms. The van der Waals surface area contributed by atoms with Gasteiger partial charge in [0.2, 0.25) is 17.5 Å². The number of aliphatic hydroxyl groups excluding tert-OH is 6. The number of carbonyl (C=O) groups is 8. The fraction of sp³-hybridized carbons (Fsp3) is 0.377. The van der Waals surface area contributed by atoms with Gasteiger partial charge in [-0.25, -0.2) is 0 Å². The van der Waals surface area contributed by atoms with Crippen LogP contribution in [0.15, 0.2) is 185 Å². The number of hydrogen-bond acceptors (Lipinski definition) is 34. The van der Waals surface area contributed by atoms with Crippen LogP contribution in [-0.4, -0.2) is 226 Å². The van der Waals surface area contributed by atoms with Crippen molar-refractivity contribution in [2.45, 2.75) is 238 Å². The molecule has 0 radical (unpaired) electrons. The van der Waals surface area contributed by atoms with E-state index in [2.05, 4.69) is 26.0 Å². The summed E-state index contributed by atoms with van der Waals surface area (Å²) in [5.74, 6) is -0.0371. The van der Waals surface area contributed by atoms with Crippen LogP contribution in [0.5, 0.6) is 86.2 Å². The topological polar surface area (TPSA) is 553 Å². The summed E-state index contributed by atoms with van der Waals surface area (Å²) in [6.07, 6.45) is -9.42. The molecule has 0 amide bonds. The van der Waals surface area contributed by atoms with Gasteiger partial charge in [-0.3, -0.25) is 43.2 Å². The molecule has 1 aromatic heterocycles. The Bertz CT molecular complexity index is 6360. The number of Topliss-reactive ketones (excluding diaryl/α,β-unsaturated/α-hetero) is 8. The number of phenolic OH excluding ortho intramolecular Hbond substituents is 9. The van der Waals surface area contributed by atoms with Gasteiger partial charge in [0, 0.05) is 69.1 Å². The fourth-order valence-electron chi connectivity index (χ4n) is 16.0. The molecule has 10 atom stereocenters. The van der Waals surface area contributed by atoms with Gasteiger partial charge in [-0.15, -0.1) is 0 Å². The van der Waals surface area contributed by atoms with Crippen molar-refractivity contribution in [1.29, 1.82) is 0 Å². The van der Waals surface area contributed by atoms with E-state index in [1.807, 2.05) is 87.5 Å². The third-order valence-corrected chi connectivity index (χ3v) is 25.2. The molecule has 0 unspecified atom stereocenters. The molecule has 11 aromatic rings. The number of aryl methyl sites for hydroxylation is 14. The highest BCUT2D eigenvalue weighted by atomic mass is 16.7. The molecule has 0 saturated carbocycles. The molecule has 2 saturated heterocycles. The molecule has 13 rings (SSSR count). The lowest BCUT2D eigenvalue weighted by molar-refractivity contribution is -0.318. The van der Waals surface area contributed by atoms with Crippen molar-refractivity contribution in [1.82, 2.24) is 0 Å². The quantitative estimate of drug-likeness (QED) is 0.0125. The molecular formula is C114H132O34. The number of aromatic hydroxyl groups is 9. The van der Waals surface area contributed by atoms with Crippen molar-refractivity contribution < 1.29 is 162 Å². The Morgan fingerprint density at radius 3 is 1.05 bits per heavy atom. The molecule has 148 heavy (non-hydrogen) atoms. The number of rotatable bonds is 43. The summed E-state index contributed by atoms with van der Waals surface area (Å²) in [6, 6.07) is 49.0. The molecule has 15 N–H and O–H groups in total. The zero-order valence-electron chi connectivity index (χ0n) is 84.8. The van der Waals surface area contributed by atoms with Gasteiger partial charge in [-0.1, -0.05) is 91.0 Å². The number of ketones is 8. The van der Waals surface area contributed by atoms with Crippen molar-refractivity contribution in [3.8, 4) is 97.6 Å². The third kappa shape index (κ3) is 34.8. The van der Waals surface area contributed by atoms with Crippen LogP contribution < -0.4 is 33.8 Å². The maximum Gasteiger partial charge on any atom is 0.239 e. The van der Waals surface area contributed by atoms with E-state index < -0.39 is 96.1 Å². The first-order valence-electron chi connectivity index (χ1n) is 48.2. The Hall–Kier alpha value is -14.6. The Morgan fingerprint density at radius 1 is 0.297 bits per heavy atom. The first-order chi connectivity index (χ1) is 70.4. The predicted octanol–water partition coefficient (Wildman–Crippen LogP) is 13.9.